The molecule has 4 aliphatic rings. The molecule has 1 aromatic rings. The van der Waals surface area contributed by atoms with Gasteiger partial charge in [-0.2, -0.15) is 8.78 Å². The van der Waals surface area contributed by atoms with Crippen molar-refractivity contribution in [3.05, 3.63) is 24.3 Å². The first kappa shape index (κ1) is 19.1. The molecule has 0 saturated heterocycles. The number of halogens is 2. The molecule has 5 rings (SSSR count). The number of esters is 1. The van der Waals surface area contributed by atoms with Crippen LogP contribution < -0.4 is 10.1 Å². The lowest BCUT2D eigenvalue weighted by atomic mass is 9.48. The van der Waals surface area contributed by atoms with Crippen molar-refractivity contribution < 1.29 is 33.0 Å². The molecule has 4 bridgehead atoms. The van der Waals surface area contributed by atoms with Gasteiger partial charge in [0, 0.05) is 5.69 Å². The van der Waals surface area contributed by atoms with Gasteiger partial charge in [-0.25, -0.2) is 0 Å². The molecule has 8 heteroatoms. The van der Waals surface area contributed by atoms with Gasteiger partial charge in [-0.3, -0.25) is 9.59 Å². The number of anilines is 1. The summed E-state index contributed by atoms with van der Waals surface area (Å²) in [4.78, 5) is 24.8. The Balaban J connectivity index is 1.31. The van der Waals surface area contributed by atoms with Crippen molar-refractivity contribution in [3.63, 3.8) is 0 Å². The van der Waals surface area contributed by atoms with Crippen molar-refractivity contribution in [1.29, 1.82) is 0 Å². The van der Waals surface area contributed by atoms with E-state index in [4.69, 9.17) is 4.74 Å². The van der Waals surface area contributed by atoms with Crippen LogP contribution in [0.5, 0.6) is 5.75 Å². The third-order valence-electron chi connectivity index (χ3n) is 6.16. The molecule has 0 unspecified atom stereocenters. The smallest absolute Gasteiger partial charge is 0.387 e. The Labute approximate surface area is 161 Å². The lowest BCUT2D eigenvalue weighted by Gasteiger charge is -2.58. The predicted molar refractivity (Wildman–Crippen MR) is 94.7 cm³/mol. The van der Waals surface area contributed by atoms with E-state index >= 15 is 0 Å². The largest absolute Gasteiger partial charge is 0.455 e. The average Bonchev–Trinajstić information content (AvgIpc) is 2.59. The zero-order valence-corrected chi connectivity index (χ0v) is 15.3. The average molecular weight is 395 g/mol. The molecule has 2 N–H and O–H groups in total. The van der Waals surface area contributed by atoms with Crippen LogP contribution in [0.3, 0.4) is 0 Å². The molecule has 152 valence electrons. The maximum atomic E-state index is 12.7. The summed E-state index contributed by atoms with van der Waals surface area (Å²) < 4.78 is 33.8. The molecule has 0 aliphatic heterocycles. The highest BCUT2D eigenvalue weighted by Gasteiger charge is 2.60. The van der Waals surface area contributed by atoms with E-state index in [0.29, 0.717) is 23.9 Å². The summed E-state index contributed by atoms with van der Waals surface area (Å²) in [6, 6.07) is 5.46. The molecule has 4 aliphatic carbocycles. The van der Waals surface area contributed by atoms with Gasteiger partial charge in [0.1, 0.15) is 5.75 Å². The van der Waals surface area contributed by atoms with Crippen LogP contribution in [0.15, 0.2) is 24.3 Å². The Morgan fingerprint density at radius 1 is 1.14 bits per heavy atom. The maximum Gasteiger partial charge on any atom is 0.387 e. The number of carbonyl (C=O) groups excluding carboxylic acids is 2. The minimum absolute atomic E-state index is 0.0147. The Kier molecular flexibility index (Phi) is 4.77. The number of hydrogen-bond acceptors (Lipinski definition) is 5. The Hall–Kier alpha value is -2.22. The zero-order valence-electron chi connectivity index (χ0n) is 15.3. The molecule has 4 fully saturated rings. The van der Waals surface area contributed by atoms with Gasteiger partial charge >= 0.3 is 12.6 Å². The molecular weight excluding hydrogens is 372 g/mol. The number of carbonyl (C=O) groups is 2. The second-order valence-electron chi connectivity index (χ2n) is 8.49. The second-order valence-corrected chi connectivity index (χ2v) is 8.49. The quantitative estimate of drug-likeness (QED) is 0.723. The van der Waals surface area contributed by atoms with Gasteiger partial charge in [0.05, 0.1) is 11.0 Å². The third kappa shape index (κ3) is 3.83. The van der Waals surface area contributed by atoms with Gasteiger partial charge in [-0.15, -0.1) is 0 Å². The van der Waals surface area contributed by atoms with E-state index < -0.39 is 36.1 Å². The second kappa shape index (κ2) is 6.99. The first-order valence-electron chi connectivity index (χ1n) is 9.50. The van der Waals surface area contributed by atoms with Crippen LogP contribution in [0.25, 0.3) is 0 Å². The number of ether oxygens (including phenoxy) is 2. The molecule has 0 spiro atoms. The number of alkyl halides is 2. The number of aliphatic hydroxyl groups is 1. The van der Waals surface area contributed by atoms with Gasteiger partial charge in [-0.1, -0.05) is 0 Å². The number of amides is 1. The summed E-state index contributed by atoms with van der Waals surface area (Å²) in [5.74, 6) is -0.238. The van der Waals surface area contributed by atoms with Crippen LogP contribution in [0.4, 0.5) is 14.5 Å². The van der Waals surface area contributed by atoms with Crippen LogP contribution in [0, 0.1) is 17.3 Å². The van der Waals surface area contributed by atoms with E-state index in [-0.39, 0.29) is 5.75 Å². The number of benzene rings is 1. The van der Waals surface area contributed by atoms with E-state index in [1.165, 1.54) is 24.3 Å². The number of hydrogen-bond donors (Lipinski definition) is 2. The van der Waals surface area contributed by atoms with Crippen LogP contribution in [-0.4, -0.2) is 35.8 Å². The van der Waals surface area contributed by atoms with E-state index in [1.807, 2.05) is 0 Å². The van der Waals surface area contributed by atoms with Gasteiger partial charge in [0.15, 0.2) is 6.61 Å². The molecule has 4 saturated carbocycles. The van der Waals surface area contributed by atoms with Crippen molar-refractivity contribution in [2.24, 2.45) is 17.3 Å². The van der Waals surface area contributed by atoms with Crippen molar-refractivity contribution in [2.45, 2.75) is 50.7 Å². The molecule has 0 heterocycles. The van der Waals surface area contributed by atoms with Crippen LogP contribution >= 0.6 is 0 Å². The van der Waals surface area contributed by atoms with Gasteiger partial charge in [0.2, 0.25) is 0 Å². The lowest BCUT2D eigenvalue weighted by Crippen LogP contribution is -2.58. The molecule has 0 aromatic heterocycles. The monoisotopic (exact) mass is 395 g/mol. The van der Waals surface area contributed by atoms with Crippen molar-refractivity contribution >= 4 is 17.6 Å². The fraction of sp³-hybridized carbons (Fsp3) is 0.600. The molecule has 1 amide bonds. The fourth-order valence-corrected chi connectivity index (χ4v) is 5.65. The van der Waals surface area contributed by atoms with Crippen LogP contribution in [-0.2, 0) is 14.3 Å². The van der Waals surface area contributed by atoms with E-state index in [2.05, 4.69) is 10.1 Å². The highest BCUT2D eigenvalue weighted by atomic mass is 19.3. The standard InChI is InChI=1S/C20H23F2NO5/c21-18(22)28-15-3-1-14(2-4-15)23-16(24)10-27-17(25)19-6-12-5-13(7-19)9-20(26,8-12)11-19/h1-4,12-13,18,26H,5-11H2,(H,23,24)/t12-,13-,19?,20?/m1/s1. The SMILES string of the molecule is O=C(COC(=O)C12C[C@H]3C[C@@H](CC(O)(C3)C1)C2)Nc1ccc(OC(F)F)cc1. The number of rotatable bonds is 6. The van der Waals surface area contributed by atoms with Crippen LogP contribution in [0.2, 0.25) is 0 Å². The van der Waals surface area contributed by atoms with Crippen molar-refractivity contribution in [1.82, 2.24) is 0 Å². The third-order valence-corrected chi connectivity index (χ3v) is 6.16. The molecule has 28 heavy (non-hydrogen) atoms. The summed E-state index contributed by atoms with van der Waals surface area (Å²) >= 11 is 0. The zero-order chi connectivity index (χ0) is 19.9. The summed E-state index contributed by atoms with van der Waals surface area (Å²) in [5, 5.41) is 13.3. The minimum Gasteiger partial charge on any atom is -0.455 e. The number of nitrogens with one attached hydrogen (secondary N) is 1. The van der Waals surface area contributed by atoms with E-state index in [1.54, 1.807) is 0 Å². The first-order chi connectivity index (χ1) is 13.3. The normalized spacial score (nSPS) is 33.0. The first-order valence-corrected chi connectivity index (χ1v) is 9.50. The molecular formula is C20H23F2NO5. The van der Waals surface area contributed by atoms with Gasteiger partial charge < -0.3 is 19.9 Å². The van der Waals surface area contributed by atoms with Gasteiger partial charge in [0.25, 0.3) is 5.91 Å². The Morgan fingerprint density at radius 3 is 2.36 bits per heavy atom. The topological polar surface area (TPSA) is 84.9 Å². The van der Waals surface area contributed by atoms with Crippen molar-refractivity contribution in [2.75, 3.05) is 11.9 Å². The Morgan fingerprint density at radius 2 is 1.79 bits per heavy atom. The summed E-state index contributed by atoms with van der Waals surface area (Å²) in [5.41, 5.74) is -1.06. The minimum atomic E-state index is -2.91. The Bertz CT molecular complexity index is 752. The summed E-state index contributed by atoms with van der Waals surface area (Å²) in [6.07, 6.45) is 4.42. The lowest BCUT2D eigenvalue weighted by molar-refractivity contribution is -0.196. The molecule has 2 atom stereocenters. The highest BCUT2D eigenvalue weighted by Crippen LogP contribution is 2.61. The highest BCUT2D eigenvalue weighted by molar-refractivity contribution is 5.93. The van der Waals surface area contributed by atoms with Crippen LogP contribution in [0.1, 0.15) is 38.5 Å². The van der Waals surface area contributed by atoms with E-state index in [9.17, 15) is 23.5 Å². The fourth-order valence-electron chi connectivity index (χ4n) is 5.65. The summed E-state index contributed by atoms with van der Waals surface area (Å²) in [6.45, 7) is -3.34. The predicted octanol–water partition coefficient (Wildman–Crippen LogP) is 3.10. The van der Waals surface area contributed by atoms with Crippen molar-refractivity contribution in [3.8, 4) is 5.75 Å². The summed E-state index contributed by atoms with van der Waals surface area (Å²) in [7, 11) is 0. The molecule has 0 radical (unpaired) electrons. The molecule has 1 aromatic carbocycles. The molecule has 6 nitrogen and oxygen atoms in total. The maximum absolute atomic E-state index is 12.7. The van der Waals surface area contributed by atoms with E-state index in [0.717, 1.165) is 32.1 Å². The van der Waals surface area contributed by atoms with Gasteiger partial charge in [-0.05, 0) is 74.6 Å².